The molecule has 0 bridgehead atoms. The van der Waals surface area contributed by atoms with Crippen LogP contribution in [0.15, 0.2) is 58.1 Å². The first-order valence-corrected chi connectivity index (χ1v) is 9.12. The number of nitrogens with one attached hydrogen (secondary N) is 2. The van der Waals surface area contributed by atoms with Gasteiger partial charge >= 0.3 is 5.56 Å². The third-order valence-corrected chi connectivity index (χ3v) is 4.27. The molecule has 0 atom stereocenters. The number of ether oxygens (including phenoxy) is 1. The molecule has 3 aromatic rings. The van der Waals surface area contributed by atoms with Gasteiger partial charge in [-0.2, -0.15) is 0 Å². The number of nitro groups is 1. The highest BCUT2D eigenvalue weighted by Gasteiger charge is 2.25. The van der Waals surface area contributed by atoms with Crippen molar-refractivity contribution in [2.75, 3.05) is 6.61 Å². The predicted molar refractivity (Wildman–Crippen MR) is 108 cm³/mol. The lowest BCUT2D eigenvalue weighted by molar-refractivity contribution is -0.384. The molecule has 2 N–H and O–H groups in total. The highest BCUT2D eigenvalue weighted by Crippen LogP contribution is 2.21. The van der Waals surface area contributed by atoms with Crippen molar-refractivity contribution in [1.82, 2.24) is 15.1 Å². The minimum absolute atomic E-state index is 0.0304. The van der Waals surface area contributed by atoms with Gasteiger partial charge < -0.3 is 10.1 Å². The molecule has 10 nitrogen and oxygen atoms in total. The molecule has 3 rings (SSSR count). The summed E-state index contributed by atoms with van der Waals surface area (Å²) in [4.78, 5) is 48.6. The van der Waals surface area contributed by atoms with E-state index in [2.05, 4.69) is 10.4 Å². The first-order chi connectivity index (χ1) is 14.8. The zero-order valence-electron chi connectivity index (χ0n) is 16.3. The van der Waals surface area contributed by atoms with Gasteiger partial charge in [0.2, 0.25) is 5.88 Å². The molecule has 0 fully saturated rings. The maximum Gasteiger partial charge on any atom is 0.318 e. The summed E-state index contributed by atoms with van der Waals surface area (Å²) in [6.45, 7) is 1.61. The average molecular weight is 428 g/mol. The fourth-order valence-electron chi connectivity index (χ4n) is 2.83. The van der Waals surface area contributed by atoms with Crippen LogP contribution in [0.3, 0.4) is 0 Å². The number of aromatic amines is 1. The van der Waals surface area contributed by atoms with E-state index in [9.17, 15) is 28.9 Å². The third kappa shape index (κ3) is 4.50. The lowest BCUT2D eigenvalue weighted by Crippen LogP contribution is -2.42. The average Bonchev–Trinajstić information content (AvgIpc) is 2.76. The van der Waals surface area contributed by atoms with Crippen molar-refractivity contribution in [3.05, 3.63) is 96.2 Å². The van der Waals surface area contributed by atoms with Crippen LogP contribution >= 0.6 is 0 Å². The monoisotopic (exact) mass is 428 g/mol. The van der Waals surface area contributed by atoms with Crippen LogP contribution in [0, 0.1) is 15.9 Å². The summed E-state index contributed by atoms with van der Waals surface area (Å²) in [6.07, 6.45) is 0. The highest BCUT2D eigenvalue weighted by molar-refractivity contribution is 5.96. The van der Waals surface area contributed by atoms with Gasteiger partial charge in [-0.1, -0.05) is 24.3 Å². The fraction of sp³-hybridized carbons (Fsp3) is 0.150. The van der Waals surface area contributed by atoms with Crippen molar-refractivity contribution in [3.8, 4) is 11.6 Å². The smallest absolute Gasteiger partial charge is 0.318 e. The van der Waals surface area contributed by atoms with Crippen LogP contribution < -0.4 is 21.0 Å². The SMILES string of the molecule is CCOc1[nH]n(-c2ccccc2[N+](=O)[O-])c(=O)c(=O)c1C(=O)NCc1ccc(F)cc1. The van der Waals surface area contributed by atoms with Crippen LogP contribution in [-0.4, -0.2) is 27.2 Å². The van der Waals surface area contributed by atoms with Crippen LogP contribution in [-0.2, 0) is 6.54 Å². The van der Waals surface area contributed by atoms with E-state index in [4.69, 9.17) is 4.74 Å². The van der Waals surface area contributed by atoms with Crippen molar-refractivity contribution in [2.45, 2.75) is 13.5 Å². The molecule has 11 heteroatoms. The minimum atomic E-state index is -1.20. The van der Waals surface area contributed by atoms with E-state index in [1.165, 1.54) is 48.5 Å². The second-order valence-electron chi connectivity index (χ2n) is 6.27. The van der Waals surface area contributed by atoms with E-state index in [0.29, 0.717) is 10.2 Å². The second-order valence-corrected chi connectivity index (χ2v) is 6.27. The molecule has 0 aliphatic rings. The molecule has 31 heavy (non-hydrogen) atoms. The Kier molecular flexibility index (Phi) is 6.24. The molecular formula is C20H17FN4O6. The van der Waals surface area contributed by atoms with Crippen molar-refractivity contribution in [1.29, 1.82) is 0 Å². The third-order valence-electron chi connectivity index (χ3n) is 4.27. The second kappa shape index (κ2) is 9.03. The van der Waals surface area contributed by atoms with E-state index in [-0.39, 0.29) is 24.7 Å². The topological polar surface area (TPSA) is 136 Å². The van der Waals surface area contributed by atoms with E-state index in [1.807, 2.05) is 0 Å². The molecule has 0 saturated heterocycles. The Morgan fingerprint density at radius 1 is 1.19 bits per heavy atom. The molecule has 0 aliphatic carbocycles. The van der Waals surface area contributed by atoms with E-state index < -0.39 is 38.9 Å². The van der Waals surface area contributed by atoms with Gasteiger partial charge in [0.05, 0.1) is 11.5 Å². The quantitative estimate of drug-likeness (QED) is 0.335. The standard InChI is InChI=1S/C20H17FN4O6/c1-2-31-19-16(18(27)22-11-12-7-9-13(21)10-8-12)17(26)20(28)24(23-19)14-5-3-4-6-15(14)25(29)30/h3-10,23H,2,11H2,1H3,(H,22,27). The normalized spacial score (nSPS) is 10.5. The molecule has 0 spiro atoms. The van der Waals surface area contributed by atoms with Gasteiger partial charge in [0.15, 0.2) is 5.56 Å². The van der Waals surface area contributed by atoms with Crippen molar-refractivity contribution >= 4 is 11.6 Å². The Morgan fingerprint density at radius 3 is 2.52 bits per heavy atom. The number of carbonyl (C=O) groups excluding carboxylic acids is 1. The summed E-state index contributed by atoms with van der Waals surface area (Å²) >= 11 is 0. The molecule has 0 saturated carbocycles. The van der Waals surface area contributed by atoms with Gasteiger partial charge in [-0.05, 0) is 30.7 Å². The van der Waals surface area contributed by atoms with Crippen molar-refractivity contribution < 1.29 is 18.8 Å². The fourth-order valence-corrected chi connectivity index (χ4v) is 2.83. The van der Waals surface area contributed by atoms with E-state index in [1.54, 1.807) is 6.92 Å². The highest BCUT2D eigenvalue weighted by atomic mass is 19.1. The Labute approximate surface area is 174 Å². The number of halogens is 1. The van der Waals surface area contributed by atoms with E-state index >= 15 is 0 Å². The Hall–Kier alpha value is -4.28. The zero-order valence-corrected chi connectivity index (χ0v) is 16.3. The summed E-state index contributed by atoms with van der Waals surface area (Å²) in [6, 6.07) is 10.7. The lowest BCUT2D eigenvalue weighted by Gasteiger charge is -2.13. The van der Waals surface area contributed by atoms with Crippen LogP contribution in [0.5, 0.6) is 5.88 Å². The minimum Gasteiger partial charge on any atom is -0.478 e. The number of amides is 1. The molecule has 2 aromatic carbocycles. The predicted octanol–water partition coefficient (Wildman–Crippen LogP) is 1.90. The van der Waals surface area contributed by atoms with Gasteiger partial charge in [0.1, 0.15) is 11.5 Å². The first kappa shape index (κ1) is 21.4. The molecule has 1 heterocycles. The Balaban J connectivity index is 2.04. The summed E-state index contributed by atoms with van der Waals surface area (Å²) in [7, 11) is 0. The molecule has 0 aliphatic heterocycles. The van der Waals surface area contributed by atoms with E-state index in [0.717, 1.165) is 0 Å². The van der Waals surface area contributed by atoms with Gasteiger partial charge in [0, 0.05) is 12.6 Å². The number of rotatable bonds is 7. The first-order valence-electron chi connectivity index (χ1n) is 9.12. The van der Waals surface area contributed by atoms with Gasteiger partial charge in [-0.15, -0.1) is 0 Å². The van der Waals surface area contributed by atoms with Crippen LogP contribution in [0.2, 0.25) is 0 Å². The maximum absolute atomic E-state index is 13.0. The number of para-hydroxylation sites is 2. The van der Waals surface area contributed by atoms with Crippen LogP contribution in [0.1, 0.15) is 22.8 Å². The molecule has 160 valence electrons. The van der Waals surface area contributed by atoms with Crippen molar-refractivity contribution in [3.63, 3.8) is 0 Å². The number of H-pyrrole nitrogens is 1. The maximum atomic E-state index is 13.0. The summed E-state index contributed by atoms with van der Waals surface area (Å²) < 4.78 is 19.0. The van der Waals surface area contributed by atoms with Gasteiger partial charge in [-0.25, -0.2) is 9.07 Å². The van der Waals surface area contributed by atoms with Gasteiger partial charge in [-0.3, -0.25) is 29.6 Å². The molecular weight excluding hydrogens is 411 g/mol. The number of hydrogen-bond acceptors (Lipinski definition) is 6. The molecule has 0 radical (unpaired) electrons. The van der Waals surface area contributed by atoms with Crippen LogP contribution in [0.4, 0.5) is 10.1 Å². The summed E-state index contributed by atoms with van der Waals surface area (Å²) in [5.41, 5.74) is -2.99. The molecule has 1 aromatic heterocycles. The van der Waals surface area contributed by atoms with Gasteiger partial charge in [0.25, 0.3) is 17.0 Å². The summed E-state index contributed by atoms with van der Waals surface area (Å²) in [5, 5.41) is 16.3. The summed E-state index contributed by atoms with van der Waals surface area (Å²) in [5.74, 6) is -1.65. The molecule has 0 unspecified atom stereocenters. The number of aromatic nitrogens is 2. The zero-order chi connectivity index (χ0) is 22.5. The number of hydrogen-bond donors (Lipinski definition) is 2. The number of nitro benzene ring substituents is 1. The van der Waals surface area contributed by atoms with Crippen LogP contribution in [0.25, 0.3) is 5.69 Å². The molecule has 1 amide bonds. The number of carbonyl (C=O) groups is 1. The lowest BCUT2D eigenvalue weighted by atomic mass is 10.2. The number of benzene rings is 2. The van der Waals surface area contributed by atoms with Crippen molar-refractivity contribution in [2.24, 2.45) is 0 Å². The largest absolute Gasteiger partial charge is 0.478 e. The Bertz CT molecular complexity index is 1250. The number of nitrogens with zero attached hydrogens (tertiary/aromatic N) is 2. The Morgan fingerprint density at radius 2 is 1.87 bits per heavy atom.